The number of carbonyl (C=O) groups is 2. The number of aryl methyl sites for hydroxylation is 2. The number of amides is 1. The van der Waals surface area contributed by atoms with Gasteiger partial charge in [0.25, 0.3) is 5.91 Å². The zero-order valence-corrected chi connectivity index (χ0v) is 13.8. The number of hydrogen-bond acceptors (Lipinski definition) is 3. The number of benzene rings is 1. The highest BCUT2D eigenvalue weighted by Gasteiger charge is 2.30. The van der Waals surface area contributed by atoms with E-state index >= 15 is 0 Å². The summed E-state index contributed by atoms with van der Waals surface area (Å²) in [5, 5.41) is 13.6. The monoisotopic (exact) mass is 315 g/mol. The summed E-state index contributed by atoms with van der Waals surface area (Å²) in [5.74, 6) is -1.35. The van der Waals surface area contributed by atoms with Gasteiger partial charge < -0.3 is 10.0 Å². The molecule has 0 saturated heterocycles. The molecule has 0 aliphatic carbocycles. The van der Waals surface area contributed by atoms with E-state index in [1.165, 1.54) is 11.8 Å². The summed E-state index contributed by atoms with van der Waals surface area (Å²) in [6.07, 6.45) is 0. The van der Waals surface area contributed by atoms with Crippen LogP contribution >= 0.6 is 0 Å². The number of rotatable bonds is 5. The zero-order chi connectivity index (χ0) is 17.1. The summed E-state index contributed by atoms with van der Waals surface area (Å²) in [6.45, 7) is 5.32. The smallest absolute Gasteiger partial charge is 0.326 e. The topological polar surface area (TPSA) is 75.4 Å². The van der Waals surface area contributed by atoms with E-state index in [-0.39, 0.29) is 12.5 Å². The Morgan fingerprint density at radius 2 is 1.87 bits per heavy atom. The number of nitrogens with zero attached hydrogens (tertiary/aromatic N) is 3. The van der Waals surface area contributed by atoms with E-state index in [9.17, 15) is 14.7 Å². The molecule has 1 amide bonds. The Balaban J connectivity index is 2.40. The lowest BCUT2D eigenvalue weighted by molar-refractivity contribution is -0.141. The number of carboxylic acids is 1. The third kappa shape index (κ3) is 3.41. The summed E-state index contributed by atoms with van der Waals surface area (Å²) in [6, 6.07) is 8.43. The minimum atomic E-state index is -1.03. The van der Waals surface area contributed by atoms with Gasteiger partial charge in [-0.2, -0.15) is 5.10 Å². The molecule has 0 spiro atoms. The van der Waals surface area contributed by atoms with Gasteiger partial charge in [-0.3, -0.25) is 9.48 Å². The Morgan fingerprint density at radius 1 is 1.26 bits per heavy atom. The molecule has 2 aromatic rings. The molecule has 2 rings (SSSR count). The van der Waals surface area contributed by atoms with Crippen LogP contribution in [0.25, 0.3) is 0 Å². The number of aromatic nitrogens is 2. The highest BCUT2D eigenvalue weighted by molar-refractivity contribution is 5.98. The van der Waals surface area contributed by atoms with Gasteiger partial charge in [-0.25, -0.2) is 4.79 Å². The molecule has 0 fully saturated rings. The first kappa shape index (κ1) is 16.7. The van der Waals surface area contributed by atoms with Crippen LogP contribution in [0, 0.1) is 13.8 Å². The molecular weight excluding hydrogens is 294 g/mol. The van der Waals surface area contributed by atoms with Crippen LogP contribution in [-0.2, 0) is 18.4 Å². The van der Waals surface area contributed by atoms with Crippen LogP contribution in [0.15, 0.2) is 30.3 Å². The Labute approximate surface area is 135 Å². The van der Waals surface area contributed by atoms with E-state index in [0.717, 1.165) is 11.3 Å². The molecule has 0 aliphatic rings. The molecule has 1 N–H and O–H groups in total. The van der Waals surface area contributed by atoms with Gasteiger partial charge in [0.15, 0.2) is 0 Å². The molecule has 6 heteroatoms. The maximum absolute atomic E-state index is 13.0. The van der Waals surface area contributed by atoms with Gasteiger partial charge in [0.1, 0.15) is 6.04 Å². The van der Waals surface area contributed by atoms with Crippen molar-refractivity contribution in [3.05, 3.63) is 52.8 Å². The highest BCUT2D eigenvalue weighted by atomic mass is 16.4. The maximum Gasteiger partial charge on any atom is 0.326 e. The maximum atomic E-state index is 13.0. The lowest BCUT2D eigenvalue weighted by Gasteiger charge is -2.27. The van der Waals surface area contributed by atoms with Crippen LogP contribution in [-0.4, -0.2) is 37.7 Å². The van der Waals surface area contributed by atoms with E-state index in [1.54, 1.807) is 25.6 Å². The molecule has 1 heterocycles. The number of carboxylic acid groups (broad SMARTS) is 1. The molecular formula is C17H21N3O3. The molecule has 0 bridgehead atoms. The molecule has 0 aliphatic heterocycles. The van der Waals surface area contributed by atoms with Crippen molar-refractivity contribution >= 4 is 11.9 Å². The van der Waals surface area contributed by atoms with Crippen molar-refractivity contribution in [2.75, 3.05) is 0 Å². The van der Waals surface area contributed by atoms with Crippen molar-refractivity contribution in [3.8, 4) is 0 Å². The fraction of sp³-hybridized carbons (Fsp3) is 0.353. The lowest BCUT2D eigenvalue weighted by Crippen LogP contribution is -2.43. The standard InChI is InChI=1S/C17H21N3O3/c1-11-15(12(2)19(4)18-11)16(21)20(13(3)17(22)23)10-14-8-6-5-7-9-14/h5-9,13H,10H2,1-4H3,(H,22,23). The van der Waals surface area contributed by atoms with E-state index in [4.69, 9.17) is 0 Å². The summed E-state index contributed by atoms with van der Waals surface area (Å²) in [7, 11) is 1.77. The van der Waals surface area contributed by atoms with Crippen molar-refractivity contribution in [2.24, 2.45) is 7.05 Å². The van der Waals surface area contributed by atoms with Crippen LogP contribution in [0.3, 0.4) is 0 Å². The largest absolute Gasteiger partial charge is 0.480 e. The van der Waals surface area contributed by atoms with E-state index in [2.05, 4.69) is 5.10 Å². The molecule has 1 aromatic carbocycles. The van der Waals surface area contributed by atoms with Gasteiger partial charge >= 0.3 is 5.97 Å². The third-order valence-corrected chi connectivity index (χ3v) is 4.00. The first-order valence-corrected chi connectivity index (χ1v) is 7.40. The summed E-state index contributed by atoms with van der Waals surface area (Å²) in [5.41, 5.74) is 2.68. The fourth-order valence-electron chi connectivity index (χ4n) is 2.52. The van der Waals surface area contributed by atoms with Crippen molar-refractivity contribution < 1.29 is 14.7 Å². The van der Waals surface area contributed by atoms with Gasteiger partial charge in [0.05, 0.1) is 11.3 Å². The van der Waals surface area contributed by atoms with E-state index < -0.39 is 12.0 Å². The van der Waals surface area contributed by atoms with Gasteiger partial charge in [-0.05, 0) is 26.3 Å². The number of aliphatic carboxylic acids is 1. The normalized spacial score (nSPS) is 12.0. The van der Waals surface area contributed by atoms with Crippen molar-refractivity contribution in [2.45, 2.75) is 33.4 Å². The minimum Gasteiger partial charge on any atom is -0.480 e. The molecule has 1 unspecified atom stereocenters. The van der Waals surface area contributed by atoms with Gasteiger partial charge in [-0.15, -0.1) is 0 Å². The predicted molar refractivity (Wildman–Crippen MR) is 86.1 cm³/mol. The van der Waals surface area contributed by atoms with Crippen LogP contribution in [0.1, 0.15) is 34.2 Å². The third-order valence-electron chi connectivity index (χ3n) is 4.00. The number of hydrogen-bond donors (Lipinski definition) is 1. The zero-order valence-electron chi connectivity index (χ0n) is 13.8. The van der Waals surface area contributed by atoms with Gasteiger partial charge in [0, 0.05) is 19.3 Å². The van der Waals surface area contributed by atoms with Gasteiger partial charge in [-0.1, -0.05) is 30.3 Å². The van der Waals surface area contributed by atoms with Crippen LogP contribution in [0.5, 0.6) is 0 Å². The molecule has 1 aromatic heterocycles. The second-order valence-corrected chi connectivity index (χ2v) is 5.60. The van der Waals surface area contributed by atoms with Gasteiger partial charge in [0.2, 0.25) is 0 Å². The van der Waals surface area contributed by atoms with Crippen molar-refractivity contribution in [3.63, 3.8) is 0 Å². The first-order valence-electron chi connectivity index (χ1n) is 7.40. The van der Waals surface area contributed by atoms with E-state index in [1.807, 2.05) is 30.3 Å². The van der Waals surface area contributed by atoms with Crippen LogP contribution < -0.4 is 0 Å². The highest BCUT2D eigenvalue weighted by Crippen LogP contribution is 2.19. The average Bonchev–Trinajstić information content (AvgIpc) is 2.77. The lowest BCUT2D eigenvalue weighted by atomic mass is 10.1. The molecule has 23 heavy (non-hydrogen) atoms. The minimum absolute atomic E-state index is 0.237. The molecule has 1 atom stereocenters. The quantitative estimate of drug-likeness (QED) is 0.917. The fourth-order valence-corrected chi connectivity index (χ4v) is 2.52. The second-order valence-electron chi connectivity index (χ2n) is 5.60. The van der Waals surface area contributed by atoms with E-state index in [0.29, 0.717) is 11.3 Å². The average molecular weight is 315 g/mol. The molecule has 0 radical (unpaired) electrons. The van der Waals surface area contributed by atoms with Crippen LogP contribution in [0.4, 0.5) is 0 Å². The summed E-state index contributed by atoms with van der Waals surface area (Å²) < 4.78 is 1.63. The SMILES string of the molecule is Cc1nn(C)c(C)c1C(=O)N(Cc1ccccc1)C(C)C(=O)O. The Kier molecular flexibility index (Phi) is 4.83. The van der Waals surface area contributed by atoms with Crippen molar-refractivity contribution in [1.29, 1.82) is 0 Å². The number of carbonyl (C=O) groups excluding carboxylic acids is 1. The predicted octanol–water partition coefficient (Wildman–Crippen LogP) is 2.15. The molecule has 0 saturated carbocycles. The first-order chi connectivity index (χ1) is 10.8. The second kappa shape index (κ2) is 6.64. The Hall–Kier alpha value is -2.63. The molecule has 6 nitrogen and oxygen atoms in total. The van der Waals surface area contributed by atoms with Crippen LogP contribution in [0.2, 0.25) is 0 Å². The molecule has 122 valence electrons. The Bertz CT molecular complexity index is 722. The Morgan fingerprint density at radius 3 is 2.35 bits per heavy atom. The van der Waals surface area contributed by atoms with Crippen molar-refractivity contribution in [1.82, 2.24) is 14.7 Å². The summed E-state index contributed by atoms with van der Waals surface area (Å²) in [4.78, 5) is 25.8. The summed E-state index contributed by atoms with van der Waals surface area (Å²) >= 11 is 0.